The SMILES string of the molecule is COc1ccc(NC(C)=O)cc1NC(=O)CN1Cc2ccccc2C[C@H]1C(N)=O. The lowest BCUT2D eigenvalue weighted by molar-refractivity contribution is -0.125. The van der Waals surface area contributed by atoms with Gasteiger partial charge in [-0.1, -0.05) is 24.3 Å². The third-order valence-electron chi connectivity index (χ3n) is 4.81. The molecular formula is C21H24N4O4. The Morgan fingerprint density at radius 1 is 1.14 bits per heavy atom. The summed E-state index contributed by atoms with van der Waals surface area (Å²) in [4.78, 5) is 37.7. The molecule has 0 saturated carbocycles. The van der Waals surface area contributed by atoms with Crippen molar-refractivity contribution in [1.29, 1.82) is 0 Å². The number of benzene rings is 2. The van der Waals surface area contributed by atoms with Gasteiger partial charge in [-0.25, -0.2) is 0 Å². The molecule has 2 aromatic carbocycles. The molecule has 2 aromatic rings. The number of fused-ring (bicyclic) bond motifs is 1. The lowest BCUT2D eigenvalue weighted by Gasteiger charge is -2.34. The van der Waals surface area contributed by atoms with Crippen LogP contribution < -0.4 is 21.1 Å². The number of primary amides is 1. The average Bonchev–Trinajstić information content (AvgIpc) is 2.67. The minimum atomic E-state index is -0.553. The number of methoxy groups -OCH3 is 1. The van der Waals surface area contributed by atoms with E-state index in [1.54, 1.807) is 23.1 Å². The first-order valence-corrected chi connectivity index (χ1v) is 9.23. The smallest absolute Gasteiger partial charge is 0.238 e. The molecule has 3 rings (SSSR count). The van der Waals surface area contributed by atoms with E-state index in [-0.39, 0.29) is 18.4 Å². The third kappa shape index (κ3) is 4.91. The van der Waals surface area contributed by atoms with Crippen molar-refractivity contribution in [2.45, 2.75) is 25.9 Å². The van der Waals surface area contributed by atoms with Gasteiger partial charge in [0.25, 0.3) is 0 Å². The Morgan fingerprint density at radius 2 is 1.86 bits per heavy atom. The predicted octanol–water partition coefficient (Wildman–Crippen LogP) is 1.50. The third-order valence-corrected chi connectivity index (χ3v) is 4.81. The highest BCUT2D eigenvalue weighted by Crippen LogP contribution is 2.28. The molecule has 0 unspecified atom stereocenters. The first kappa shape index (κ1) is 20.3. The number of rotatable bonds is 6. The maximum Gasteiger partial charge on any atom is 0.238 e. The van der Waals surface area contributed by atoms with Gasteiger partial charge in [-0.3, -0.25) is 19.3 Å². The van der Waals surface area contributed by atoms with Gasteiger partial charge in [0.05, 0.1) is 25.4 Å². The van der Waals surface area contributed by atoms with Gasteiger partial charge >= 0.3 is 0 Å². The largest absolute Gasteiger partial charge is 0.495 e. The maximum atomic E-state index is 12.7. The Labute approximate surface area is 169 Å². The Bertz CT molecular complexity index is 944. The Kier molecular flexibility index (Phi) is 6.13. The Hall–Kier alpha value is -3.39. The molecule has 29 heavy (non-hydrogen) atoms. The fourth-order valence-electron chi connectivity index (χ4n) is 3.48. The summed E-state index contributed by atoms with van der Waals surface area (Å²) < 4.78 is 5.29. The number of carbonyl (C=O) groups excluding carboxylic acids is 3. The quantitative estimate of drug-likeness (QED) is 0.685. The topological polar surface area (TPSA) is 114 Å². The van der Waals surface area contributed by atoms with Gasteiger partial charge in [0, 0.05) is 19.2 Å². The number of hydrogen-bond acceptors (Lipinski definition) is 5. The molecule has 0 bridgehead atoms. The number of carbonyl (C=O) groups is 3. The van der Waals surface area contributed by atoms with Crippen molar-refractivity contribution in [3.05, 3.63) is 53.6 Å². The molecule has 0 aliphatic carbocycles. The van der Waals surface area contributed by atoms with Crippen molar-refractivity contribution in [2.75, 3.05) is 24.3 Å². The van der Waals surface area contributed by atoms with Crippen molar-refractivity contribution >= 4 is 29.1 Å². The number of amides is 3. The molecule has 8 heteroatoms. The van der Waals surface area contributed by atoms with E-state index in [0.29, 0.717) is 30.1 Å². The zero-order valence-electron chi connectivity index (χ0n) is 16.4. The summed E-state index contributed by atoms with van der Waals surface area (Å²) in [5.41, 5.74) is 8.69. The zero-order chi connectivity index (χ0) is 21.0. The lowest BCUT2D eigenvalue weighted by atomic mass is 9.93. The van der Waals surface area contributed by atoms with E-state index in [1.807, 2.05) is 24.3 Å². The highest BCUT2D eigenvalue weighted by Gasteiger charge is 2.31. The van der Waals surface area contributed by atoms with Crippen LogP contribution in [0.2, 0.25) is 0 Å². The van der Waals surface area contributed by atoms with Gasteiger partial charge in [0.15, 0.2) is 0 Å². The van der Waals surface area contributed by atoms with E-state index in [9.17, 15) is 14.4 Å². The van der Waals surface area contributed by atoms with Crippen LogP contribution in [0.5, 0.6) is 5.75 Å². The number of nitrogens with one attached hydrogen (secondary N) is 2. The van der Waals surface area contributed by atoms with Crippen LogP contribution in [-0.2, 0) is 27.3 Å². The molecule has 1 aliphatic heterocycles. The molecule has 3 amide bonds. The van der Waals surface area contributed by atoms with Crippen LogP contribution in [-0.4, -0.2) is 42.3 Å². The highest BCUT2D eigenvalue weighted by atomic mass is 16.5. The molecule has 1 aliphatic rings. The van der Waals surface area contributed by atoms with Crippen LogP contribution in [0.15, 0.2) is 42.5 Å². The van der Waals surface area contributed by atoms with Crippen molar-refractivity contribution < 1.29 is 19.1 Å². The molecule has 8 nitrogen and oxygen atoms in total. The monoisotopic (exact) mass is 396 g/mol. The van der Waals surface area contributed by atoms with Crippen LogP contribution in [0.1, 0.15) is 18.1 Å². The molecule has 1 heterocycles. The van der Waals surface area contributed by atoms with Gasteiger partial charge in [-0.15, -0.1) is 0 Å². The molecule has 4 N–H and O–H groups in total. The van der Waals surface area contributed by atoms with Gasteiger partial charge in [0.1, 0.15) is 5.75 Å². The summed E-state index contributed by atoms with van der Waals surface area (Å²) in [7, 11) is 1.49. The van der Waals surface area contributed by atoms with Gasteiger partial charge < -0.3 is 21.1 Å². The van der Waals surface area contributed by atoms with Crippen LogP contribution in [0.3, 0.4) is 0 Å². The lowest BCUT2D eigenvalue weighted by Crippen LogP contribution is -2.50. The van der Waals surface area contributed by atoms with E-state index in [0.717, 1.165) is 11.1 Å². The second-order valence-electron chi connectivity index (χ2n) is 6.94. The number of hydrogen-bond donors (Lipinski definition) is 3. The van der Waals surface area contributed by atoms with Crippen molar-refractivity contribution in [3.63, 3.8) is 0 Å². The average molecular weight is 396 g/mol. The van der Waals surface area contributed by atoms with Gasteiger partial charge in [-0.05, 0) is 35.7 Å². The minimum absolute atomic E-state index is 0.00450. The Balaban J connectivity index is 1.76. The van der Waals surface area contributed by atoms with E-state index < -0.39 is 11.9 Å². The van der Waals surface area contributed by atoms with Crippen molar-refractivity contribution in [3.8, 4) is 5.75 Å². The molecular weight excluding hydrogens is 372 g/mol. The summed E-state index contributed by atoms with van der Waals surface area (Å²) in [5.74, 6) is -0.530. The molecule has 0 fully saturated rings. The van der Waals surface area contributed by atoms with E-state index in [4.69, 9.17) is 10.5 Å². The van der Waals surface area contributed by atoms with Crippen LogP contribution in [0.4, 0.5) is 11.4 Å². The first-order valence-electron chi connectivity index (χ1n) is 9.23. The second-order valence-corrected chi connectivity index (χ2v) is 6.94. The van der Waals surface area contributed by atoms with E-state index >= 15 is 0 Å². The van der Waals surface area contributed by atoms with E-state index in [1.165, 1.54) is 14.0 Å². The van der Waals surface area contributed by atoms with E-state index in [2.05, 4.69) is 10.6 Å². The number of nitrogens with two attached hydrogens (primary N) is 1. The summed E-state index contributed by atoms with van der Waals surface area (Å²) in [6, 6.07) is 12.2. The zero-order valence-corrected chi connectivity index (χ0v) is 16.4. The summed E-state index contributed by atoms with van der Waals surface area (Å²) in [6.07, 6.45) is 0.472. The molecule has 152 valence electrons. The van der Waals surface area contributed by atoms with Gasteiger partial charge in [-0.2, -0.15) is 0 Å². The predicted molar refractivity (Wildman–Crippen MR) is 109 cm³/mol. The maximum absolute atomic E-state index is 12.7. The summed E-state index contributed by atoms with van der Waals surface area (Å²) >= 11 is 0. The highest BCUT2D eigenvalue weighted by molar-refractivity contribution is 5.96. The number of ether oxygens (including phenoxy) is 1. The van der Waals surface area contributed by atoms with Crippen molar-refractivity contribution in [1.82, 2.24) is 4.90 Å². The number of nitrogens with zero attached hydrogens (tertiary/aromatic N) is 1. The van der Waals surface area contributed by atoms with Crippen LogP contribution in [0.25, 0.3) is 0 Å². The first-order chi connectivity index (χ1) is 13.9. The fraction of sp³-hybridized carbons (Fsp3) is 0.286. The van der Waals surface area contributed by atoms with Crippen LogP contribution >= 0.6 is 0 Å². The molecule has 0 radical (unpaired) electrons. The fourth-order valence-corrected chi connectivity index (χ4v) is 3.48. The van der Waals surface area contributed by atoms with Gasteiger partial charge in [0.2, 0.25) is 17.7 Å². The standard InChI is InChI=1S/C21H24N4O4/c1-13(26)23-16-7-8-19(29-2)17(10-16)24-20(27)12-25-11-15-6-4-3-5-14(15)9-18(25)21(22)28/h3-8,10,18H,9,11-12H2,1-2H3,(H2,22,28)(H,23,26)(H,24,27)/t18-/m0/s1. The molecule has 1 atom stereocenters. The number of anilines is 2. The summed E-state index contributed by atoms with van der Waals surface area (Å²) in [5, 5.41) is 5.46. The molecule has 0 aromatic heterocycles. The Morgan fingerprint density at radius 3 is 2.52 bits per heavy atom. The van der Waals surface area contributed by atoms with Crippen molar-refractivity contribution in [2.24, 2.45) is 5.73 Å². The minimum Gasteiger partial charge on any atom is -0.495 e. The summed E-state index contributed by atoms with van der Waals surface area (Å²) in [6.45, 7) is 1.86. The molecule has 0 spiro atoms. The normalized spacial score (nSPS) is 15.9. The molecule has 0 saturated heterocycles. The van der Waals surface area contributed by atoms with Crippen LogP contribution in [0, 0.1) is 0 Å². The second kappa shape index (κ2) is 8.74.